The van der Waals surface area contributed by atoms with Gasteiger partial charge in [0.2, 0.25) is 0 Å². The van der Waals surface area contributed by atoms with Gasteiger partial charge in [-0.1, -0.05) is 18.2 Å². The van der Waals surface area contributed by atoms with Crippen molar-refractivity contribution in [1.29, 1.82) is 0 Å². The Morgan fingerprint density at radius 3 is 2.71 bits per heavy atom. The van der Waals surface area contributed by atoms with Crippen molar-refractivity contribution in [3.05, 3.63) is 54.9 Å². The molecule has 0 radical (unpaired) electrons. The standard InChI is InChI=1S/C14H11N3/c15-12-5-3-7-16-14(12)11-8-10-4-1-2-6-13(10)17-9-11/h1-9H,15H2. The van der Waals surface area contributed by atoms with Crippen molar-refractivity contribution in [2.75, 3.05) is 5.73 Å². The number of hydrogen-bond acceptors (Lipinski definition) is 3. The van der Waals surface area contributed by atoms with E-state index in [-0.39, 0.29) is 0 Å². The van der Waals surface area contributed by atoms with Gasteiger partial charge in [0.25, 0.3) is 0 Å². The molecule has 2 heterocycles. The predicted octanol–water partition coefficient (Wildman–Crippen LogP) is 2.88. The summed E-state index contributed by atoms with van der Waals surface area (Å²) < 4.78 is 0. The van der Waals surface area contributed by atoms with E-state index in [1.54, 1.807) is 12.4 Å². The van der Waals surface area contributed by atoms with E-state index in [0.717, 1.165) is 22.2 Å². The number of fused-ring (bicyclic) bond motifs is 1. The van der Waals surface area contributed by atoms with Gasteiger partial charge in [0.05, 0.1) is 16.9 Å². The lowest BCUT2D eigenvalue weighted by atomic mass is 10.1. The molecule has 0 saturated carbocycles. The van der Waals surface area contributed by atoms with E-state index in [4.69, 9.17) is 5.73 Å². The van der Waals surface area contributed by atoms with Gasteiger partial charge in [0, 0.05) is 23.3 Å². The topological polar surface area (TPSA) is 51.8 Å². The molecule has 17 heavy (non-hydrogen) atoms. The second-order valence-electron chi connectivity index (χ2n) is 3.86. The Balaban J connectivity index is 2.22. The highest BCUT2D eigenvalue weighted by atomic mass is 14.7. The third-order valence-corrected chi connectivity index (χ3v) is 2.70. The lowest BCUT2D eigenvalue weighted by molar-refractivity contribution is 1.31. The van der Waals surface area contributed by atoms with Crippen LogP contribution >= 0.6 is 0 Å². The second kappa shape index (κ2) is 3.87. The summed E-state index contributed by atoms with van der Waals surface area (Å²) in [4.78, 5) is 8.69. The maximum Gasteiger partial charge on any atom is 0.0946 e. The van der Waals surface area contributed by atoms with Crippen molar-refractivity contribution in [2.45, 2.75) is 0 Å². The lowest BCUT2D eigenvalue weighted by Gasteiger charge is -2.05. The Hall–Kier alpha value is -2.42. The Kier molecular flexibility index (Phi) is 2.22. The van der Waals surface area contributed by atoms with Gasteiger partial charge in [-0.2, -0.15) is 0 Å². The first-order chi connectivity index (χ1) is 8.34. The summed E-state index contributed by atoms with van der Waals surface area (Å²) >= 11 is 0. The number of nitrogens with zero attached hydrogens (tertiary/aromatic N) is 2. The number of hydrogen-bond donors (Lipinski definition) is 1. The third-order valence-electron chi connectivity index (χ3n) is 2.70. The highest BCUT2D eigenvalue weighted by molar-refractivity contribution is 5.84. The van der Waals surface area contributed by atoms with Gasteiger partial charge in [0.15, 0.2) is 0 Å². The Morgan fingerprint density at radius 1 is 0.941 bits per heavy atom. The molecule has 0 amide bonds. The highest BCUT2D eigenvalue weighted by Gasteiger charge is 2.04. The minimum atomic E-state index is 0.671. The zero-order chi connectivity index (χ0) is 11.7. The summed E-state index contributed by atoms with van der Waals surface area (Å²) in [5.41, 5.74) is 9.28. The minimum absolute atomic E-state index is 0.671. The summed E-state index contributed by atoms with van der Waals surface area (Å²) in [6.45, 7) is 0. The Labute approximate surface area is 98.9 Å². The third kappa shape index (κ3) is 1.72. The molecular formula is C14H11N3. The number of nitrogen functional groups attached to an aromatic ring is 1. The molecule has 2 aromatic heterocycles. The van der Waals surface area contributed by atoms with Crippen LogP contribution < -0.4 is 5.73 Å². The number of rotatable bonds is 1. The van der Waals surface area contributed by atoms with Crippen molar-refractivity contribution in [2.24, 2.45) is 0 Å². The first-order valence-electron chi connectivity index (χ1n) is 5.40. The minimum Gasteiger partial charge on any atom is -0.397 e. The van der Waals surface area contributed by atoms with Gasteiger partial charge in [-0.3, -0.25) is 9.97 Å². The monoisotopic (exact) mass is 221 g/mol. The van der Waals surface area contributed by atoms with Gasteiger partial charge in [-0.05, 0) is 24.3 Å². The van der Waals surface area contributed by atoms with Crippen molar-refractivity contribution in [3.63, 3.8) is 0 Å². The molecule has 0 spiro atoms. The van der Waals surface area contributed by atoms with E-state index in [2.05, 4.69) is 16.0 Å². The number of para-hydroxylation sites is 1. The first kappa shape index (κ1) is 9.78. The number of nitrogens with two attached hydrogens (primary N) is 1. The van der Waals surface area contributed by atoms with Crippen LogP contribution in [0.15, 0.2) is 54.9 Å². The smallest absolute Gasteiger partial charge is 0.0946 e. The van der Waals surface area contributed by atoms with Crippen LogP contribution in [-0.4, -0.2) is 9.97 Å². The molecule has 82 valence electrons. The molecular weight excluding hydrogens is 210 g/mol. The number of benzene rings is 1. The molecule has 0 aliphatic carbocycles. The number of pyridine rings is 2. The first-order valence-corrected chi connectivity index (χ1v) is 5.40. The number of anilines is 1. The second-order valence-corrected chi connectivity index (χ2v) is 3.86. The quantitative estimate of drug-likeness (QED) is 0.687. The fourth-order valence-electron chi connectivity index (χ4n) is 1.86. The summed E-state index contributed by atoms with van der Waals surface area (Å²) in [5, 5.41) is 1.09. The van der Waals surface area contributed by atoms with Crippen LogP contribution in [0.4, 0.5) is 5.69 Å². The van der Waals surface area contributed by atoms with Crippen LogP contribution in [0.25, 0.3) is 22.2 Å². The highest BCUT2D eigenvalue weighted by Crippen LogP contribution is 2.24. The molecule has 0 aliphatic heterocycles. The lowest BCUT2D eigenvalue weighted by Crippen LogP contribution is -1.93. The summed E-state index contributed by atoms with van der Waals surface area (Å²) in [5.74, 6) is 0. The van der Waals surface area contributed by atoms with Crippen molar-refractivity contribution in [3.8, 4) is 11.3 Å². The van der Waals surface area contributed by atoms with Crippen LogP contribution in [0, 0.1) is 0 Å². The Morgan fingerprint density at radius 2 is 1.82 bits per heavy atom. The van der Waals surface area contributed by atoms with E-state index in [9.17, 15) is 0 Å². The van der Waals surface area contributed by atoms with Crippen LogP contribution in [0.3, 0.4) is 0 Å². The molecule has 0 aliphatic rings. The number of aromatic nitrogens is 2. The largest absolute Gasteiger partial charge is 0.397 e. The fraction of sp³-hybridized carbons (Fsp3) is 0. The fourth-order valence-corrected chi connectivity index (χ4v) is 1.86. The van der Waals surface area contributed by atoms with E-state index in [1.165, 1.54) is 0 Å². The van der Waals surface area contributed by atoms with Gasteiger partial charge in [-0.25, -0.2) is 0 Å². The van der Waals surface area contributed by atoms with Crippen LogP contribution in [-0.2, 0) is 0 Å². The Bertz CT molecular complexity index is 677. The van der Waals surface area contributed by atoms with E-state index in [0.29, 0.717) is 5.69 Å². The molecule has 0 saturated heterocycles. The zero-order valence-electron chi connectivity index (χ0n) is 9.17. The maximum atomic E-state index is 5.91. The van der Waals surface area contributed by atoms with Gasteiger partial charge >= 0.3 is 0 Å². The van der Waals surface area contributed by atoms with Crippen LogP contribution in [0.2, 0.25) is 0 Å². The van der Waals surface area contributed by atoms with Crippen LogP contribution in [0.5, 0.6) is 0 Å². The van der Waals surface area contributed by atoms with E-state index < -0.39 is 0 Å². The maximum absolute atomic E-state index is 5.91. The SMILES string of the molecule is Nc1cccnc1-c1cnc2ccccc2c1. The van der Waals surface area contributed by atoms with Crippen molar-refractivity contribution >= 4 is 16.6 Å². The molecule has 3 nitrogen and oxygen atoms in total. The summed E-state index contributed by atoms with van der Waals surface area (Å²) in [6, 6.07) is 13.7. The van der Waals surface area contributed by atoms with E-state index in [1.807, 2.05) is 36.4 Å². The molecule has 3 aromatic rings. The van der Waals surface area contributed by atoms with Gasteiger partial charge in [0.1, 0.15) is 0 Å². The van der Waals surface area contributed by atoms with E-state index >= 15 is 0 Å². The molecule has 2 N–H and O–H groups in total. The molecule has 0 unspecified atom stereocenters. The molecule has 3 rings (SSSR count). The van der Waals surface area contributed by atoms with Gasteiger partial charge in [-0.15, -0.1) is 0 Å². The molecule has 3 heteroatoms. The van der Waals surface area contributed by atoms with Crippen molar-refractivity contribution in [1.82, 2.24) is 9.97 Å². The predicted molar refractivity (Wildman–Crippen MR) is 69.4 cm³/mol. The average molecular weight is 221 g/mol. The molecule has 0 atom stereocenters. The zero-order valence-corrected chi connectivity index (χ0v) is 9.17. The van der Waals surface area contributed by atoms with Crippen LogP contribution in [0.1, 0.15) is 0 Å². The molecule has 0 bridgehead atoms. The van der Waals surface area contributed by atoms with Crippen molar-refractivity contribution < 1.29 is 0 Å². The van der Waals surface area contributed by atoms with Gasteiger partial charge < -0.3 is 5.73 Å². The summed E-state index contributed by atoms with van der Waals surface area (Å²) in [7, 11) is 0. The normalized spacial score (nSPS) is 10.6. The molecule has 1 aromatic carbocycles. The summed E-state index contributed by atoms with van der Waals surface area (Å²) in [6.07, 6.45) is 3.54. The molecule has 0 fully saturated rings. The average Bonchev–Trinajstić information content (AvgIpc) is 2.39.